The zero-order chi connectivity index (χ0) is 13.1. The Bertz CT molecular complexity index is 499. The van der Waals surface area contributed by atoms with Gasteiger partial charge in [0.1, 0.15) is 0 Å². The van der Waals surface area contributed by atoms with E-state index in [9.17, 15) is 0 Å². The molecule has 0 atom stereocenters. The summed E-state index contributed by atoms with van der Waals surface area (Å²) in [5, 5.41) is 0. The second-order valence-electron chi connectivity index (χ2n) is 5.14. The van der Waals surface area contributed by atoms with Gasteiger partial charge in [0.05, 0.1) is 6.33 Å². The molecule has 2 aromatic rings. The Morgan fingerprint density at radius 1 is 1.16 bits per heavy atom. The SMILES string of the molecule is Brc1ccc(CN2CCC(n3ccnc3)CC2)cc1. The van der Waals surface area contributed by atoms with E-state index in [0.717, 1.165) is 11.0 Å². The molecule has 0 saturated carbocycles. The Hall–Kier alpha value is -1.13. The predicted molar refractivity (Wildman–Crippen MR) is 79.9 cm³/mol. The van der Waals surface area contributed by atoms with Crippen LogP contribution in [0.4, 0.5) is 0 Å². The first-order chi connectivity index (χ1) is 9.31. The lowest BCUT2D eigenvalue weighted by Crippen LogP contribution is -2.33. The maximum atomic E-state index is 4.14. The van der Waals surface area contributed by atoms with Crippen LogP contribution in [0, 0.1) is 0 Å². The molecule has 0 N–H and O–H groups in total. The van der Waals surface area contributed by atoms with Gasteiger partial charge in [-0.1, -0.05) is 28.1 Å². The lowest BCUT2D eigenvalue weighted by atomic mass is 10.0. The first kappa shape index (κ1) is 12.9. The zero-order valence-electron chi connectivity index (χ0n) is 10.9. The highest BCUT2D eigenvalue weighted by molar-refractivity contribution is 9.10. The first-order valence-electron chi connectivity index (χ1n) is 6.75. The van der Waals surface area contributed by atoms with Crippen molar-refractivity contribution in [2.75, 3.05) is 13.1 Å². The van der Waals surface area contributed by atoms with Crippen molar-refractivity contribution in [3.63, 3.8) is 0 Å². The van der Waals surface area contributed by atoms with Crippen LogP contribution in [0.3, 0.4) is 0 Å². The van der Waals surface area contributed by atoms with E-state index in [0.29, 0.717) is 6.04 Å². The molecule has 0 unspecified atom stereocenters. The fraction of sp³-hybridized carbons (Fsp3) is 0.400. The van der Waals surface area contributed by atoms with E-state index in [-0.39, 0.29) is 0 Å². The molecule has 3 nitrogen and oxygen atoms in total. The predicted octanol–water partition coefficient (Wildman–Crippen LogP) is 3.48. The highest BCUT2D eigenvalue weighted by atomic mass is 79.9. The molecule has 0 amide bonds. The van der Waals surface area contributed by atoms with Gasteiger partial charge in [0, 0.05) is 42.5 Å². The molecule has 1 fully saturated rings. The molecule has 0 spiro atoms. The summed E-state index contributed by atoms with van der Waals surface area (Å²) in [6, 6.07) is 9.27. The van der Waals surface area contributed by atoms with Crippen molar-refractivity contribution >= 4 is 15.9 Å². The summed E-state index contributed by atoms with van der Waals surface area (Å²) in [5.41, 5.74) is 1.39. The fourth-order valence-corrected chi connectivity index (χ4v) is 2.97. The Morgan fingerprint density at radius 2 is 1.89 bits per heavy atom. The van der Waals surface area contributed by atoms with Crippen molar-refractivity contribution in [2.24, 2.45) is 0 Å². The van der Waals surface area contributed by atoms with Crippen LogP contribution in [0.1, 0.15) is 24.4 Å². The average molecular weight is 320 g/mol. The van der Waals surface area contributed by atoms with Gasteiger partial charge in [0.15, 0.2) is 0 Å². The van der Waals surface area contributed by atoms with E-state index in [4.69, 9.17) is 0 Å². The molecule has 1 saturated heterocycles. The highest BCUT2D eigenvalue weighted by Gasteiger charge is 2.19. The van der Waals surface area contributed by atoms with Gasteiger partial charge in [0.2, 0.25) is 0 Å². The summed E-state index contributed by atoms with van der Waals surface area (Å²) in [7, 11) is 0. The third kappa shape index (κ3) is 3.25. The van der Waals surface area contributed by atoms with Crippen molar-refractivity contribution in [1.29, 1.82) is 0 Å². The maximum absolute atomic E-state index is 4.14. The molecule has 100 valence electrons. The largest absolute Gasteiger partial charge is 0.334 e. The molecular formula is C15H18BrN3. The van der Waals surface area contributed by atoms with Gasteiger partial charge in [-0.05, 0) is 30.5 Å². The summed E-state index contributed by atoms with van der Waals surface area (Å²) < 4.78 is 3.40. The lowest BCUT2D eigenvalue weighted by molar-refractivity contribution is 0.179. The molecule has 1 aromatic heterocycles. The summed E-state index contributed by atoms with van der Waals surface area (Å²) in [6.45, 7) is 3.39. The molecular weight excluding hydrogens is 302 g/mol. The second kappa shape index (κ2) is 5.88. The number of nitrogens with zero attached hydrogens (tertiary/aromatic N) is 3. The fourth-order valence-electron chi connectivity index (χ4n) is 2.71. The third-order valence-electron chi connectivity index (χ3n) is 3.82. The minimum Gasteiger partial charge on any atom is -0.334 e. The molecule has 4 heteroatoms. The molecule has 0 radical (unpaired) electrons. The number of imidazole rings is 1. The summed E-state index contributed by atoms with van der Waals surface area (Å²) in [4.78, 5) is 6.68. The number of hydrogen-bond donors (Lipinski definition) is 0. The molecule has 19 heavy (non-hydrogen) atoms. The molecule has 0 aliphatic carbocycles. The average Bonchev–Trinajstić information content (AvgIpc) is 2.96. The minimum atomic E-state index is 0.628. The summed E-state index contributed by atoms with van der Waals surface area (Å²) >= 11 is 3.48. The van der Waals surface area contributed by atoms with Crippen LogP contribution >= 0.6 is 15.9 Å². The first-order valence-corrected chi connectivity index (χ1v) is 7.55. The highest BCUT2D eigenvalue weighted by Crippen LogP contribution is 2.23. The quantitative estimate of drug-likeness (QED) is 0.863. The van der Waals surface area contributed by atoms with Gasteiger partial charge in [0.25, 0.3) is 0 Å². The smallest absolute Gasteiger partial charge is 0.0948 e. The van der Waals surface area contributed by atoms with Gasteiger partial charge in [-0.2, -0.15) is 0 Å². The van der Waals surface area contributed by atoms with Crippen LogP contribution in [0.5, 0.6) is 0 Å². The normalized spacial score (nSPS) is 17.7. The summed E-state index contributed by atoms with van der Waals surface area (Å²) in [6.07, 6.45) is 8.32. The van der Waals surface area contributed by atoms with E-state index in [1.807, 2.05) is 12.5 Å². The van der Waals surface area contributed by atoms with E-state index < -0.39 is 0 Å². The minimum absolute atomic E-state index is 0.628. The number of piperidine rings is 1. The standard InChI is InChI=1S/C15H18BrN3/c16-14-3-1-13(2-4-14)11-18-8-5-15(6-9-18)19-10-7-17-12-19/h1-4,7,10,12,15H,5-6,8-9,11H2. The molecule has 1 aromatic carbocycles. The Labute approximate surface area is 122 Å². The van der Waals surface area contributed by atoms with Crippen LogP contribution in [0.15, 0.2) is 47.5 Å². The monoisotopic (exact) mass is 319 g/mol. The Kier molecular flexibility index (Phi) is 3.99. The van der Waals surface area contributed by atoms with Crippen molar-refractivity contribution < 1.29 is 0 Å². The van der Waals surface area contributed by atoms with E-state index in [1.54, 1.807) is 0 Å². The van der Waals surface area contributed by atoms with Gasteiger partial charge >= 0.3 is 0 Å². The topological polar surface area (TPSA) is 21.1 Å². The van der Waals surface area contributed by atoms with E-state index >= 15 is 0 Å². The van der Waals surface area contributed by atoms with Crippen LogP contribution in [-0.4, -0.2) is 27.5 Å². The van der Waals surface area contributed by atoms with E-state index in [2.05, 4.69) is 60.8 Å². The molecule has 2 heterocycles. The number of hydrogen-bond acceptors (Lipinski definition) is 2. The van der Waals surface area contributed by atoms with Crippen LogP contribution in [-0.2, 0) is 6.54 Å². The molecule has 1 aliphatic rings. The van der Waals surface area contributed by atoms with Crippen molar-refractivity contribution in [1.82, 2.24) is 14.5 Å². The second-order valence-corrected chi connectivity index (χ2v) is 6.06. The van der Waals surface area contributed by atoms with Gasteiger partial charge in [-0.3, -0.25) is 4.90 Å². The number of rotatable bonds is 3. The third-order valence-corrected chi connectivity index (χ3v) is 4.35. The van der Waals surface area contributed by atoms with Gasteiger partial charge in [-0.15, -0.1) is 0 Å². The van der Waals surface area contributed by atoms with Gasteiger partial charge < -0.3 is 4.57 Å². The Balaban J connectivity index is 1.54. The number of benzene rings is 1. The van der Waals surface area contributed by atoms with Crippen LogP contribution in [0.25, 0.3) is 0 Å². The number of halogens is 1. The van der Waals surface area contributed by atoms with Crippen molar-refractivity contribution in [2.45, 2.75) is 25.4 Å². The number of aromatic nitrogens is 2. The summed E-state index contributed by atoms with van der Waals surface area (Å²) in [5.74, 6) is 0. The molecule has 1 aliphatic heterocycles. The molecule has 3 rings (SSSR count). The number of likely N-dealkylation sites (tertiary alicyclic amines) is 1. The lowest BCUT2D eigenvalue weighted by Gasteiger charge is -2.32. The van der Waals surface area contributed by atoms with Crippen molar-refractivity contribution in [3.05, 3.63) is 53.0 Å². The Morgan fingerprint density at radius 3 is 2.53 bits per heavy atom. The zero-order valence-corrected chi connectivity index (χ0v) is 12.5. The molecule has 0 bridgehead atoms. The van der Waals surface area contributed by atoms with Gasteiger partial charge in [-0.25, -0.2) is 4.98 Å². The van der Waals surface area contributed by atoms with Crippen LogP contribution < -0.4 is 0 Å². The van der Waals surface area contributed by atoms with E-state index in [1.165, 1.54) is 31.5 Å². The van der Waals surface area contributed by atoms with Crippen LogP contribution in [0.2, 0.25) is 0 Å². The van der Waals surface area contributed by atoms with Crippen molar-refractivity contribution in [3.8, 4) is 0 Å². The maximum Gasteiger partial charge on any atom is 0.0948 e.